The third kappa shape index (κ3) is 5.73. The van der Waals surface area contributed by atoms with Gasteiger partial charge in [-0.15, -0.1) is 0 Å². The maximum absolute atomic E-state index is 13.5. The van der Waals surface area contributed by atoms with Gasteiger partial charge in [0.25, 0.3) is 10.0 Å². The molecule has 1 amide bonds. The van der Waals surface area contributed by atoms with Crippen LogP contribution in [0.4, 0.5) is 5.69 Å². The number of hydrogen-bond acceptors (Lipinski definition) is 4. The van der Waals surface area contributed by atoms with Crippen LogP contribution in [0.1, 0.15) is 36.1 Å². The molecule has 6 nitrogen and oxygen atoms in total. The summed E-state index contributed by atoms with van der Waals surface area (Å²) < 4.78 is 33.4. The van der Waals surface area contributed by atoms with Crippen molar-refractivity contribution < 1.29 is 17.9 Å². The highest BCUT2D eigenvalue weighted by atomic mass is 32.2. The van der Waals surface area contributed by atoms with Crippen molar-refractivity contribution in [2.75, 3.05) is 18.0 Å². The van der Waals surface area contributed by atoms with Gasteiger partial charge in [0.05, 0.1) is 23.7 Å². The maximum Gasteiger partial charge on any atom is 0.264 e. The van der Waals surface area contributed by atoms with Crippen molar-refractivity contribution in [2.45, 2.75) is 38.1 Å². The van der Waals surface area contributed by atoms with E-state index in [4.69, 9.17) is 4.74 Å². The summed E-state index contributed by atoms with van der Waals surface area (Å²) in [5.41, 5.74) is 3.26. The largest absolute Gasteiger partial charge is 0.496 e. The molecular formula is C26H30N2O4S. The number of methoxy groups -OCH3 is 1. The summed E-state index contributed by atoms with van der Waals surface area (Å²) in [4.78, 5) is 13.2. The van der Waals surface area contributed by atoms with Gasteiger partial charge >= 0.3 is 0 Å². The lowest BCUT2D eigenvalue weighted by Crippen LogP contribution is -2.42. The normalized spacial score (nSPS) is 12.1. The first-order chi connectivity index (χ1) is 15.8. The molecule has 3 rings (SSSR count). The zero-order valence-electron chi connectivity index (χ0n) is 19.4. The van der Waals surface area contributed by atoms with Crippen LogP contribution in [0, 0.1) is 13.8 Å². The number of benzene rings is 3. The van der Waals surface area contributed by atoms with Gasteiger partial charge in [0.2, 0.25) is 5.91 Å². The van der Waals surface area contributed by atoms with Crippen molar-refractivity contribution in [3.05, 3.63) is 89.5 Å². The van der Waals surface area contributed by atoms with Gasteiger partial charge in [0.1, 0.15) is 12.3 Å². The highest BCUT2D eigenvalue weighted by Gasteiger charge is 2.28. The van der Waals surface area contributed by atoms with Crippen molar-refractivity contribution in [3.8, 4) is 5.75 Å². The van der Waals surface area contributed by atoms with E-state index in [9.17, 15) is 13.2 Å². The highest BCUT2D eigenvalue weighted by Crippen LogP contribution is 2.26. The van der Waals surface area contributed by atoms with Gasteiger partial charge in [-0.25, -0.2) is 8.42 Å². The number of sulfonamides is 1. The molecule has 3 aromatic carbocycles. The molecule has 1 N–H and O–H groups in total. The molecule has 0 aliphatic carbocycles. The van der Waals surface area contributed by atoms with Crippen LogP contribution in [-0.2, 0) is 14.8 Å². The molecule has 1 atom stereocenters. The van der Waals surface area contributed by atoms with Gasteiger partial charge in [-0.2, -0.15) is 0 Å². The van der Waals surface area contributed by atoms with Crippen LogP contribution in [0.2, 0.25) is 0 Å². The van der Waals surface area contributed by atoms with Gasteiger partial charge in [0.15, 0.2) is 0 Å². The number of nitrogens with zero attached hydrogens (tertiary/aromatic N) is 1. The molecule has 0 aromatic heterocycles. The second kappa shape index (κ2) is 10.5. The number of anilines is 1. The number of carbonyl (C=O) groups is 1. The first-order valence-corrected chi connectivity index (χ1v) is 12.3. The van der Waals surface area contributed by atoms with Crippen LogP contribution < -0.4 is 14.4 Å². The number of rotatable bonds is 9. The van der Waals surface area contributed by atoms with E-state index in [1.54, 1.807) is 43.5 Å². The topological polar surface area (TPSA) is 75.7 Å². The predicted octanol–water partition coefficient (Wildman–Crippen LogP) is 4.77. The average Bonchev–Trinajstić information content (AvgIpc) is 2.81. The lowest BCUT2D eigenvalue weighted by Gasteiger charge is -2.26. The fourth-order valence-electron chi connectivity index (χ4n) is 3.73. The molecule has 0 heterocycles. The maximum atomic E-state index is 13.5. The number of amides is 1. The first-order valence-electron chi connectivity index (χ1n) is 10.8. The Balaban J connectivity index is 1.89. The molecule has 0 aliphatic rings. The summed E-state index contributed by atoms with van der Waals surface area (Å²) in [6.07, 6.45) is 0.660. The van der Waals surface area contributed by atoms with Crippen molar-refractivity contribution in [1.29, 1.82) is 0 Å². The third-order valence-electron chi connectivity index (χ3n) is 5.47. The molecule has 0 unspecified atom stereocenters. The van der Waals surface area contributed by atoms with E-state index in [-0.39, 0.29) is 23.4 Å². The fraction of sp³-hybridized carbons (Fsp3) is 0.269. The minimum atomic E-state index is -3.93. The molecule has 3 aromatic rings. The molecule has 0 bridgehead atoms. The van der Waals surface area contributed by atoms with Crippen LogP contribution in [0.15, 0.2) is 77.7 Å². The van der Waals surface area contributed by atoms with E-state index in [2.05, 4.69) is 5.32 Å². The van der Waals surface area contributed by atoms with Crippen molar-refractivity contribution in [2.24, 2.45) is 0 Å². The van der Waals surface area contributed by atoms with Crippen molar-refractivity contribution in [3.63, 3.8) is 0 Å². The SMILES string of the molecule is CC[C@H](NC(=O)CN(c1cccc(C)c1)S(=O)(=O)c1ccccc1)c1ccc(OC)c(C)c1. The standard InChI is InChI=1S/C26H30N2O4S/c1-5-24(21-14-15-25(32-4)20(3)17-21)27-26(29)18-28(22-11-9-10-19(2)16-22)33(30,31)23-12-7-6-8-13-23/h6-17,24H,5,18H2,1-4H3,(H,27,29)/t24-/m0/s1. The molecule has 7 heteroatoms. The van der Waals surface area contributed by atoms with E-state index in [1.807, 2.05) is 45.0 Å². The van der Waals surface area contributed by atoms with Crippen LogP contribution in [0.25, 0.3) is 0 Å². The predicted molar refractivity (Wildman–Crippen MR) is 131 cm³/mol. The second-order valence-corrected chi connectivity index (χ2v) is 9.78. The van der Waals surface area contributed by atoms with Gasteiger partial charge in [0, 0.05) is 0 Å². The summed E-state index contributed by atoms with van der Waals surface area (Å²) in [6, 6.07) is 20.8. The van der Waals surface area contributed by atoms with Crippen molar-refractivity contribution in [1.82, 2.24) is 5.32 Å². The average molecular weight is 467 g/mol. The second-order valence-electron chi connectivity index (χ2n) is 7.92. The number of nitrogens with one attached hydrogen (secondary N) is 1. The number of hydrogen-bond donors (Lipinski definition) is 1. The van der Waals surface area contributed by atoms with Crippen LogP contribution in [-0.4, -0.2) is 28.0 Å². The lowest BCUT2D eigenvalue weighted by atomic mass is 10.0. The summed E-state index contributed by atoms with van der Waals surface area (Å²) >= 11 is 0. The van der Waals surface area contributed by atoms with Crippen LogP contribution in [0.5, 0.6) is 5.75 Å². The summed E-state index contributed by atoms with van der Waals surface area (Å²) in [6.45, 7) is 5.48. The Labute approximate surface area is 196 Å². The third-order valence-corrected chi connectivity index (χ3v) is 7.26. The zero-order chi connectivity index (χ0) is 24.0. The smallest absolute Gasteiger partial charge is 0.264 e. The van der Waals surface area contributed by atoms with Crippen molar-refractivity contribution >= 4 is 21.6 Å². The van der Waals surface area contributed by atoms with E-state index < -0.39 is 10.0 Å². The van der Waals surface area contributed by atoms with Crippen LogP contribution in [0.3, 0.4) is 0 Å². The Morgan fingerprint density at radius 3 is 2.33 bits per heavy atom. The van der Waals surface area contributed by atoms with E-state index in [0.717, 1.165) is 26.7 Å². The molecular weight excluding hydrogens is 436 g/mol. The molecule has 0 aliphatic heterocycles. The summed E-state index contributed by atoms with van der Waals surface area (Å²) in [7, 11) is -2.31. The first kappa shape index (κ1) is 24.3. The summed E-state index contributed by atoms with van der Waals surface area (Å²) in [5.74, 6) is 0.399. The highest BCUT2D eigenvalue weighted by molar-refractivity contribution is 7.92. The Hall–Kier alpha value is -3.32. The Bertz CT molecular complexity index is 1210. The molecule has 33 heavy (non-hydrogen) atoms. The Kier molecular flexibility index (Phi) is 7.76. The fourth-order valence-corrected chi connectivity index (χ4v) is 5.16. The van der Waals surface area contributed by atoms with Gasteiger partial charge in [-0.1, -0.05) is 49.4 Å². The summed E-state index contributed by atoms with van der Waals surface area (Å²) in [5, 5.41) is 3.00. The molecule has 0 fully saturated rings. The number of carbonyl (C=O) groups excluding carboxylic acids is 1. The van der Waals surface area contributed by atoms with E-state index in [0.29, 0.717) is 12.1 Å². The number of ether oxygens (including phenoxy) is 1. The van der Waals surface area contributed by atoms with E-state index >= 15 is 0 Å². The van der Waals surface area contributed by atoms with Gasteiger partial charge in [-0.3, -0.25) is 9.10 Å². The van der Waals surface area contributed by atoms with Gasteiger partial charge < -0.3 is 10.1 Å². The Morgan fingerprint density at radius 1 is 1.00 bits per heavy atom. The lowest BCUT2D eigenvalue weighted by molar-refractivity contribution is -0.120. The molecule has 0 spiro atoms. The van der Waals surface area contributed by atoms with Gasteiger partial charge in [-0.05, 0) is 67.3 Å². The monoisotopic (exact) mass is 466 g/mol. The molecule has 0 radical (unpaired) electrons. The minimum Gasteiger partial charge on any atom is -0.496 e. The quantitative estimate of drug-likeness (QED) is 0.493. The molecule has 0 saturated heterocycles. The molecule has 174 valence electrons. The van der Waals surface area contributed by atoms with E-state index in [1.165, 1.54) is 12.1 Å². The number of aryl methyl sites for hydroxylation is 2. The van der Waals surface area contributed by atoms with Crippen LogP contribution >= 0.6 is 0 Å². The Morgan fingerprint density at radius 2 is 1.73 bits per heavy atom. The zero-order valence-corrected chi connectivity index (χ0v) is 20.2. The minimum absolute atomic E-state index is 0.136. The molecule has 0 saturated carbocycles.